The van der Waals surface area contributed by atoms with Crippen LogP contribution in [0.5, 0.6) is 0 Å². The van der Waals surface area contributed by atoms with Crippen molar-refractivity contribution >= 4 is 0 Å². The highest BCUT2D eigenvalue weighted by Crippen LogP contribution is 2.11. The number of aliphatic hydroxyl groups excluding tert-OH is 1. The van der Waals surface area contributed by atoms with Crippen molar-refractivity contribution in [3.05, 3.63) is 18.0 Å². The van der Waals surface area contributed by atoms with Crippen LogP contribution in [0.4, 0.5) is 0 Å². The van der Waals surface area contributed by atoms with E-state index in [1.54, 1.807) is 0 Å². The second kappa shape index (κ2) is 7.03. The van der Waals surface area contributed by atoms with Crippen LogP contribution in [0.2, 0.25) is 0 Å². The average molecular weight is 266 g/mol. The monoisotopic (exact) mass is 266 g/mol. The van der Waals surface area contributed by atoms with Gasteiger partial charge in [0, 0.05) is 51.5 Å². The first-order valence-corrected chi connectivity index (χ1v) is 7.32. The summed E-state index contributed by atoms with van der Waals surface area (Å²) in [7, 11) is 0. The van der Waals surface area contributed by atoms with Crippen molar-refractivity contribution in [2.75, 3.05) is 39.3 Å². The van der Waals surface area contributed by atoms with Gasteiger partial charge < -0.3 is 5.11 Å². The van der Waals surface area contributed by atoms with Gasteiger partial charge in [0.25, 0.3) is 0 Å². The Hall–Kier alpha value is -0.910. The molecular formula is C14H26N4O. The minimum absolute atomic E-state index is 0.263. The minimum Gasteiger partial charge on any atom is -0.395 e. The quantitative estimate of drug-likeness (QED) is 0.833. The van der Waals surface area contributed by atoms with Gasteiger partial charge in [-0.1, -0.05) is 6.92 Å². The molecule has 1 fully saturated rings. The zero-order valence-corrected chi connectivity index (χ0v) is 12.1. The number of nitrogens with zero attached hydrogens (tertiary/aromatic N) is 4. The smallest absolute Gasteiger partial charge is 0.0764 e. The van der Waals surface area contributed by atoms with E-state index in [1.165, 1.54) is 0 Å². The van der Waals surface area contributed by atoms with Crippen LogP contribution < -0.4 is 0 Å². The maximum atomic E-state index is 8.93. The van der Waals surface area contributed by atoms with Gasteiger partial charge in [0.2, 0.25) is 0 Å². The van der Waals surface area contributed by atoms with Crippen molar-refractivity contribution in [1.29, 1.82) is 0 Å². The largest absolute Gasteiger partial charge is 0.395 e. The second-order valence-corrected chi connectivity index (χ2v) is 5.39. The van der Waals surface area contributed by atoms with E-state index in [-0.39, 0.29) is 6.61 Å². The third kappa shape index (κ3) is 4.03. The first-order valence-electron chi connectivity index (χ1n) is 7.32. The molecule has 0 amide bonds. The van der Waals surface area contributed by atoms with Crippen molar-refractivity contribution in [3.8, 4) is 0 Å². The SMILES string of the molecule is CCC(C)n1ccc(CN2CCN(CCO)CC2)n1. The summed E-state index contributed by atoms with van der Waals surface area (Å²) in [6.45, 7) is 10.6. The van der Waals surface area contributed by atoms with E-state index in [2.05, 4.69) is 45.7 Å². The van der Waals surface area contributed by atoms with Crippen molar-refractivity contribution in [2.24, 2.45) is 0 Å². The van der Waals surface area contributed by atoms with Gasteiger partial charge >= 0.3 is 0 Å². The van der Waals surface area contributed by atoms with Crippen LogP contribution in [0, 0.1) is 0 Å². The molecule has 1 aliphatic heterocycles. The fraction of sp³-hybridized carbons (Fsp3) is 0.786. The Morgan fingerprint density at radius 2 is 1.95 bits per heavy atom. The molecule has 19 heavy (non-hydrogen) atoms. The molecule has 1 atom stereocenters. The molecule has 5 nitrogen and oxygen atoms in total. The number of piperazine rings is 1. The maximum absolute atomic E-state index is 8.93. The fourth-order valence-corrected chi connectivity index (χ4v) is 2.44. The van der Waals surface area contributed by atoms with Crippen LogP contribution in [-0.4, -0.2) is 64.0 Å². The van der Waals surface area contributed by atoms with E-state index < -0.39 is 0 Å². The number of aromatic nitrogens is 2. The zero-order chi connectivity index (χ0) is 13.7. The lowest BCUT2D eigenvalue weighted by Gasteiger charge is -2.33. The first kappa shape index (κ1) is 14.5. The van der Waals surface area contributed by atoms with E-state index in [0.29, 0.717) is 6.04 Å². The minimum atomic E-state index is 0.263. The summed E-state index contributed by atoms with van der Waals surface area (Å²) in [5, 5.41) is 13.6. The average Bonchev–Trinajstić information content (AvgIpc) is 2.89. The number of rotatable bonds is 6. The third-order valence-corrected chi connectivity index (χ3v) is 3.97. The summed E-state index contributed by atoms with van der Waals surface area (Å²) in [5.74, 6) is 0. The van der Waals surface area contributed by atoms with Crippen LogP contribution in [-0.2, 0) is 6.54 Å². The van der Waals surface area contributed by atoms with Gasteiger partial charge in [-0.2, -0.15) is 5.10 Å². The predicted octanol–water partition coefficient (Wildman–Crippen LogP) is 0.964. The van der Waals surface area contributed by atoms with Gasteiger partial charge in [0.05, 0.1) is 12.3 Å². The Balaban J connectivity index is 1.80. The van der Waals surface area contributed by atoms with E-state index in [0.717, 1.165) is 51.4 Å². The highest BCUT2D eigenvalue weighted by atomic mass is 16.3. The highest BCUT2D eigenvalue weighted by molar-refractivity contribution is 5.00. The number of hydrogen-bond acceptors (Lipinski definition) is 4. The molecule has 1 aliphatic rings. The van der Waals surface area contributed by atoms with E-state index in [9.17, 15) is 0 Å². The summed E-state index contributed by atoms with van der Waals surface area (Å²) >= 11 is 0. The fourth-order valence-electron chi connectivity index (χ4n) is 2.44. The Morgan fingerprint density at radius 1 is 1.26 bits per heavy atom. The summed E-state index contributed by atoms with van der Waals surface area (Å²) in [6.07, 6.45) is 3.20. The van der Waals surface area contributed by atoms with Crippen molar-refractivity contribution in [3.63, 3.8) is 0 Å². The van der Waals surface area contributed by atoms with Crippen LogP contribution in [0.15, 0.2) is 12.3 Å². The molecule has 2 rings (SSSR count). The Kier molecular flexibility index (Phi) is 5.36. The van der Waals surface area contributed by atoms with Gasteiger partial charge in [-0.3, -0.25) is 14.5 Å². The predicted molar refractivity (Wildman–Crippen MR) is 76.0 cm³/mol. The highest BCUT2D eigenvalue weighted by Gasteiger charge is 2.17. The van der Waals surface area contributed by atoms with Crippen molar-refractivity contribution in [1.82, 2.24) is 19.6 Å². The third-order valence-electron chi connectivity index (χ3n) is 3.97. The molecule has 0 aliphatic carbocycles. The molecular weight excluding hydrogens is 240 g/mol. The van der Waals surface area contributed by atoms with E-state index >= 15 is 0 Å². The Morgan fingerprint density at radius 3 is 2.58 bits per heavy atom. The van der Waals surface area contributed by atoms with Crippen molar-refractivity contribution < 1.29 is 5.11 Å². The standard InChI is InChI=1S/C14H26N4O/c1-3-13(2)18-5-4-14(15-18)12-17-8-6-16(7-9-17)10-11-19/h4-5,13,19H,3,6-12H2,1-2H3. The van der Waals surface area contributed by atoms with E-state index in [4.69, 9.17) is 5.11 Å². The topological polar surface area (TPSA) is 44.5 Å². The Labute approximate surface area is 115 Å². The normalized spacial score (nSPS) is 19.7. The molecule has 0 saturated carbocycles. The molecule has 1 unspecified atom stereocenters. The maximum Gasteiger partial charge on any atom is 0.0764 e. The summed E-state index contributed by atoms with van der Waals surface area (Å²) < 4.78 is 2.07. The van der Waals surface area contributed by atoms with Crippen LogP contribution >= 0.6 is 0 Å². The van der Waals surface area contributed by atoms with Crippen LogP contribution in [0.3, 0.4) is 0 Å². The lowest BCUT2D eigenvalue weighted by Crippen LogP contribution is -2.46. The molecule has 2 heterocycles. The molecule has 0 spiro atoms. The molecule has 108 valence electrons. The van der Waals surface area contributed by atoms with Gasteiger partial charge in [0.1, 0.15) is 0 Å². The molecule has 0 radical (unpaired) electrons. The van der Waals surface area contributed by atoms with Gasteiger partial charge in [-0.15, -0.1) is 0 Å². The van der Waals surface area contributed by atoms with Crippen molar-refractivity contribution in [2.45, 2.75) is 32.9 Å². The molecule has 1 aromatic rings. The number of aliphatic hydroxyl groups is 1. The number of β-amino-alcohol motifs (C(OH)–C–C–N with tert-alkyl or cyclic N) is 1. The van der Waals surface area contributed by atoms with E-state index in [1.807, 2.05) is 0 Å². The molecule has 1 aromatic heterocycles. The molecule has 1 N–H and O–H groups in total. The summed E-state index contributed by atoms with van der Waals surface area (Å²) in [4.78, 5) is 4.76. The molecule has 0 aromatic carbocycles. The molecule has 1 saturated heterocycles. The Bertz CT molecular complexity index is 371. The molecule has 0 bridgehead atoms. The summed E-state index contributed by atoms with van der Waals surface area (Å²) in [5.41, 5.74) is 1.16. The first-order chi connectivity index (χ1) is 9.22. The zero-order valence-electron chi connectivity index (χ0n) is 12.1. The summed E-state index contributed by atoms with van der Waals surface area (Å²) in [6, 6.07) is 2.61. The number of hydrogen-bond donors (Lipinski definition) is 1. The van der Waals surface area contributed by atoms with Gasteiger partial charge in [0.15, 0.2) is 0 Å². The van der Waals surface area contributed by atoms with Gasteiger partial charge in [-0.05, 0) is 19.4 Å². The lowest BCUT2D eigenvalue weighted by molar-refractivity contribution is 0.107. The molecule has 5 heteroatoms. The van der Waals surface area contributed by atoms with Crippen LogP contribution in [0.25, 0.3) is 0 Å². The second-order valence-electron chi connectivity index (χ2n) is 5.39. The lowest BCUT2D eigenvalue weighted by atomic mass is 10.3. The van der Waals surface area contributed by atoms with Crippen LogP contribution in [0.1, 0.15) is 32.0 Å². The van der Waals surface area contributed by atoms with Gasteiger partial charge in [-0.25, -0.2) is 0 Å².